The van der Waals surface area contributed by atoms with Gasteiger partial charge in [0.1, 0.15) is 5.82 Å². The third kappa shape index (κ3) is 3.22. The number of carbonyl (C=O) groups excluding carboxylic acids is 1. The number of nitrogens with one attached hydrogen (secondary N) is 1. The van der Waals surface area contributed by atoms with Crippen molar-refractivity contribution in [2.24, 2.45) is 0 Å². The van der Waals surface area contributed by atoms with E-state index < -0.39 is 17.8 Å². The van der Waals surface area contributed by atoms with E-state index in [-0.39, 0.29) is 12.2 Å². The van der Waals surface area contributed by atoms with Crippen molar-refractivity contribution in [3.05, 3.63) is 83.7 Å². The van der Waals surface area contributed by atoms with Crippen LogP contribution in [-0.4, -0.2) is 17.6 Å². The summed E-state index contributed by atoms with van der Waals surface area (Å²) in [6, 6.07) is 18.7. The molecular weight excluding hydrogens is 293 g/mol. The molecular formula is C19H16FNO2. The van der Waals surface area contributed by atoms with Crippen LogP contribution in [0.1, 0.15) is 22.0 Å². The lowest BCUT2D eigenvalue weighted by Gasteiger charge is -2.17. The summed E-state index contributed by atoms with van der Waals surface area (Å²) in [5, 5.41) is 14.4. The number of hydrogen-bond acceptors (Lipinski definition) is 2. The SMILES string of the molecule is O=C(NC(CO)c1ccc2ccccc2c1)c1ccccc1F. The Morgan fingerprint density at radius 3 is 2.43 bits per heavy atom. The molecule has 0 aliphatic carbocycles. The van der Waals surface area contributed by atoms with Crippen molar-refractivity contribution >= 4 is 16.7 Å². The predicted molar refractivity (Wildman–Crippen MR) is 87.6 cm³/mol. The Labute approximate surface area is 133 Å². The third-order valence-electron chi connectivity index (χ3n) is 3.78. The number of benzene rings is 3. The van der Waals surface area contributed by atoms with Gasteiger partial charge in [0.2, 0.25) is 0 Å². The van der Waals surface area contributed by atoms with E-state index in [4.69, 9.17) is 0 Å². The van der Waals surface area contributed by atoms with Gasteiger partial charge in [0, 0.05) is 0 Å². The molecule has 3 nitrogen and oxygen atoms in total. The maximum Gasteiger partial charge on any atom is 0.254 e. The van der Waals surface area contributed by atoms with Gasteiger partial charge in [-0.2, -0.15) is 0 Å². The van der Waals surface area contributed by atoms with Crippen LogP contribution < -0.4 is 5.32 Å². The number of halogens is 1. The van der Waals surface area contributed by atoms with Gasteiger partial charge in [0.15, 0.2) is 0 Å². The van der Waals surface area contributed by atoms with Gasteiger partial charge in [-0.05, 0) is 34.5 Å². The Hall–Kier alpha value is -2.72. The van der Waals surface area contributed by atoms with Crippen molar-refractivity contribution in [2.75, 3.05) is 6.61 Å². The summed E-state index contributed by atoms with van der Waals surface area (Å²) < 4.78 is 13.7. The van der Waals surface area contributed by atoms with Gasteiger partial charge >= 0.3 is 0 Å². The summed E-state index contributed by atoms with van der Waals surface area (Å²) in [4.78, 5) is 12.2. The zero-order chi connectivity index (χ0) is 16.2. The molecule has 1 atom stereocenters. The first-order chi connectivity index (χ1) is 11.2. The summed E-state index contributed by atoms with van der Waals surface area (Å²) in [5.74, 6) is -1.13. The van der Waals surface area contributed by atoms with Crippen LogP contribution in [0.25, 0.3) is 10.8 Å². The number of aliphatic hydroxyl groups excluding tert-OH is 1. The van der Waals surface area contributed by atoms with Crippen LogP contribution in [0.4, 0.5) is 4.39 Å². The summed E-state index contributed by atoms with van der Waals surface area (Å²) in [7, 11) is 0. The predicted octanol–water partition coefficient (Wildman–Crippen LogP) is 3.44. The topological polar surface area (TPSA) is 49.3 Å². The molecule has 116 valence electrons. The molecule has 3 rings (SSSR count). The Bertz CT molecular complexity index is 847. The number of hydrogen-bond donors (Lipinski definition) is 2. The highest BCUT2D eigenvalue weighted by atomic mass is 19.1. The van der Waals surface area contributed by atoms with Gasteiger partial charge in [-0.15, -0.1) is 0 Å². The molecule has 0 heterocycles. The summed E-state index contributed by atoms with van der Waals surface area (Å²) in [6.07, 6.45) is 0. The number of aliphatic hydroxyl groups is 1. The van der Waals surface area contributed by atoms with Crippen LogP contribution in [0.5, 0.6) is 0 Å². The molecule has 23 heavy (non-hydrogen) atoms. The molecule has 1 unspecified atom stereocenters. The summed E-state index contributed by atoms with van der Waals surface area (Å²) >= 11 is 0. The fourth-order valence-corrected chi connectivity index (χ4v) is 2.54. The Balaban J connectivity index is 1.86. The molecule has 4 heteroatoms. The summed E-state index contributed by atoms with van der Waals surface area (Å²) in [5.41, 5.74) is 0.739. The standard InChI is InChI=1S/C19H16FNO2/c20-17-8-4-3-7-16(17)19(23)21-18(12-22)15-10-9-13-5-1-2-6-14(13)11-15/h1-11,18,22H,12H2,(H,21,23). The van der Waals surface area contributed by atoms with Crippen LogP contribution in [0.2, 0.25) is 0 Å². The second-order valence-corrected chi connectivity index (χ2v) is 5.30. The van der Waals surface area contributed by atoms with E-state index in [1.54, 1.807) is 6.07 Å². The van der Waals surface area contributed by atoms with Gasteiger partial charge in [-0.1, -0.05) is 48.5 Å². The van der Waals surface area contributed by atoms with E-state index >= 15 is 0 Å². The molecule has 0 bridgehead atoms. The molecule has 2 N–H and O–H groups in total. The second kappa shape index (κ2) is 6.58. The lowest BCUT2D eigenvalue weighted by molar-refractivity contribution is 0.0912. The fourth-order valence-electron chi connectivity index (χ4n) is 2.54. The largest absolute Gasteiger partial charge is 0.394 e. The zero-order valence-electron chi connectivity index (χ0n) is 12.4. The minimum atomic E-state index is -0.591. The van der Waals surface area contributed by atoms with Gasteiger partial charge in [-0.25, -0.2) is 4.39 Å². The molecule has 0 aliphatic rings. The Morgan fingerprint density at radius 2 is 1.70 bits per heavy atom. The van der Waals surface area contributed by atoms with E-state index in [2.05, 4.69) is 5.32 Å². The van der Waals surface area contributed by atoms with Crippen LogP contribution >= 0.6 is 0 Å². The maximum atomic E-state index is 13.7. The van der Waals surface area contributed by atoms with Crippen molar-refractivity contribution in [3.63, 3.8) is 0 Å². The third-order valence-corrected chi connectivity index (χ3v) is 3.78. The fraction of sp³-hybridized carbons (Fsp3) is 0.105. The van der Waals surface area contributed by atoms with E-state index in [1.165, 1.54) is 18.2 Å². The first-order valence-corrected chi connectivity index (χ1v) is 7.34. The highest BCUT2D eigenvalue weighted by molar-refractivity contribution is 5.94. The van der Waals surface area contributed by atoms with Crippen molar-refractivity contribution in [2.45, 2.75) is 6.04 Å². The number of rotatable bonds is 4. The van der Waals surface area contributed by atoms with Gasteiger partial charge in [0.25, 0.3) is 5.91 Å². The van der Waals surface area contributed by atoms with Gasteiger partial charge in [-0.3, -0.25) is 4.79 Å². The minimum Gasteiger partial charge on any atom is -0.394 e. The average Bonchev–Trinajstić information content (AvgIpc) is 2.59. The number of amides is 1. The highest BCUT2D eigenvalue weighted by Crippen LogP contribution is 2.21. The second-order valence-electron chi connectivity index (χ2n) is 5.30. The normalized spacial score (nSPS) is 12.1. The molecule has 0 radical (unpaired) electrons. The van der Waals surface area contributed by atoms with E-state index in [1.807, 2.05) is 42.5 Å². The molecule has 0 aromatic heterocycles. The van der Waals surface area contributed by atoms with Crippen LogP contribution in [0.3, 0.4) is 0 Å². The van der Waals surface area contributed by atoms with E-state index in [9.17, 15) is 14.3 Å². The van der Waals surface area contributed by atoms with Crippen LogP contribution in [-0.2, 0) is 0 Å². The van der Waals surface area contributed by atoms with Crippen LogP contribution in [0, 0.1) is 5.82 Å². The quantitative estimate of drug-likeness (QED) is 0.775. The maximum absolute atomic E-state index is 13.7. The summed E-state index contributed by atoms with van der Waals surface area (Å²) in [6.45, 7) is -0.265. The lowest BCUT2D eigenvalue weighted by atomic mass is 10.0. The van der Waals surface area contributed by atoms with E-state index in [0.29, 0.717) is 0 Å². The zero-order valence-corrected chi connectivity index (χ0v) is 12.4. The average molecular weight is 309 g/mol. The molecule has 0 fully saturated rings. The first kappa shape index (κ1) is 15.2. The molecule has 3 aromatic rings. The Morgan fingerprint density at radius 1 is 1.00 bits per heavy atom. The number of fused-ring (bicyclic) bond motifs is 1. The highest BCUT2D eigenvalue weighted by Gasteiger charge is 2.17. The van der Waals surface area contributed by atoms with Crippen molar-refractivity contribution in [1.82, 2.24) is 5.32 Å². The first-order valence-electron chi connectivity index (χ1n) is 7.34. The Kier molecular flexibility index (Phi) is 4.35. The van der Waals surface area contributed by atoms with Crippen molar-refractivity contribution in [1.29, 1.82) is 0 Å². The lowest BCUT2D eigenvalue weighted by Crippen LogP contribution is -2.31. The molecule has 0 saturated carbocycles. The smallest absolute Gasteiger partial charge is 0.254 e. The van der Waals surface area contributed by atoms with Crippen LogP contribution in [0.15, 0.2) is 66.7 Å². The molecule has 0 aliphatic heterocycles. The van der Waals surface area contributed by atoms with Gasteiger partial charge in [0.05, 0.1) is 18.2 Å². The molecule has 1 amide bonds. The van der Waals surface area contributed by atoms with Gasteiger partial charge < -0.3 is 10.4 Å². The molecule has 0 spiro atoms. The minimum absolute atomic E-state index is 0.0354. The number of carbonyl (C=O) groups is 1. The molecule has 3 aromatic carbocycles. The van der Waals surface area contributed by atoms with Crippen molar-refractivity contribution in [3.8, 4) is 0 Å². The van der Waals surface area contributed by atoms with E-state index in [0.717, 1.165) is 16.3 Å². The molecule has 0 saturated heterocycles. The monoisotopic (exact) mass is 309 g/mol. The van der Waals surface area contributed by atoms with Crippen molar-refractivity contribution < 1.29 is 14.3 Å².